The number of rotatable bonds is 6. The van der Waals surface area contributed by atoms with E-state index in [4.69, 9.17) is 9.47 Å². The van der Waals surface area contributed by atoms with Crippen molar-refractivity contribution in [1.82, 2.24) is 9.88 Å². The summed E-state index contributed by atoms with van der Waals surface area (Å²) in [5.74, 6) is -0.459. The Bertz CT molecular complexity index is 1020. The second kappa shape index (κ2) is 8.77. The van der Waals surface area contributed by atoms with E-state index in [1.54, 1.807) is 36.7 Å². The Balaban J connectivity index is 1.76. The summed E-state index contributed by atoms with van der Waals surface area (Å²) in [6.07, 6.45) is 3.99. The first-order valence-electron chi connectivity index (χ1n) is 10.3. The molecule has 0 radical (unpaired) electrons. The van der Waals surface area contributed by atoms with Crippen LogP contribution >= 0.6 is 0 Å². The Morgan fingerprint density at radius 3 is 2.68 bits per heavy atom. The van der Waals surface area contributed by atoms with Crippen LogP contribution in [0.5, 0.6) is 11.5 Å². The first kappa shape index (κ1) is 20.9. The second-order valence-electron chi connectivity index (χ2n) is 7.95. The van der Waals surface area contributed by atoms with Gasteiger partial charge in [0.25, 0.3) is 11.7 Å². The zero-order valence-electron chi connectivity index (χ0n) is 17.6. The lowest BCUT2D eigenvalue weighted by molar-refractivity contribution is -0.858. The van der Waals surface area contributed by atoms with Crippen molar-refractivity contribution in [3.8, 4) is 11.5 Å². The summed E-state index contributed by atoms with van der Waals surface area (Å²) in [7, 11) is 4.07. The number of amides is 1. The minimum absolute atomic E-state index is 0.0619. The second-order valence-corrected chi connectivity index (χ2v) is 7.95. The van der Waals surface area contributed by atoms with Gasteiger partial charge in [-0.05, 0) is 29.8 Å². The van der Waals surface area contributed by atoms with Crippen LogP contribution in [-0.2, 0) is 9.59 Å². The Kier molecular flexibility index (Phi) is 5.90. The maximum Gasteiger partial charge on any atom is 0.295 e. The number of aromatic nitrogens is 1. The van der Waals surface area contributed by atoms with E-state index in [1.807, 2.05) is 20.2 Å². The molecule has 2 aromatic rings. The predicted octanol–water partition coefficient (Wildman–Crippen LogP) is 0.809. The van der Waals surface area contributed by atoms with Gasteiger partial charge in [0.1, 0.15) is 19.0 Å². The number of aliphatic hydroxyl groups is 1. The van der Waals surface area contributed by atoms with Crippen LogP contribution in [0.2, 0.25) is 0 Å². The van der Waals surface area contributed by atoms with Crippen molar-refractivity contribution < 1.29 is 29.1 Å². The van der Waals surface area contributed by atoms with Gasteiger partial charge in [-0.15, -0.1) is 0 Å². The van der Waals surface area contributed by atoms with E-state index in [0.29, 0.717) is 42.4 Å². The summed E-state index contributed by atoms with van der Waals surface area (Å²) in [4.78, 5) is 32.9. The average molecular weight is 424 g/mol. The smallest absolute Gasteiger partial charge is 0.295 e. The molecule has 2 N–H and O–H groups in total. The molecule has 1 saturated heterocycles. The van der Waals surface area contributed by atoms with E-state index < -0.39 is 17.7 Å². The number of Topliss-reactive ketones (excluding diaryl/α,β-unsaturated/α-hetero) is 1. The molecule has 0 unspecified atom stereocenters. The van der Waals surface area contributed by atoms with Gasteiger partial charge in [-0.2, -0.15) is 0 Å². The predicted molar refractivity (Wildman–Crippen MR) is 113 cm³/mol. The number of nitrogens with zero attached hydrogens (tertiary/aromatic N) is 2. The summed E-state index contributed by atoms with van der Waals surface area (Å²) in [6, 6.07) is 7.85. The largest absolute Gasteiger partial charge is 0.507 e. The molecule has 0 aliphatic carbocycles. The zero-order valence-corrected chi connectivity index (χ0v) is 17.6. The number of pyridine rings is 1. The number of ether oxygens (including phenoxy) is 2. The van der Waals surface area contributed by atoms with Crippen molar-refractivity contribution in [3.05, 3.63) is 59.4 Å². The normalized spacial score (nSPS) is 19.8. The quantitative estimate of drug-likeness (QED) is 0.405. The zero-order chi connectivity index (χ0) is 22.0. The van der Waals surface area contributed by atoms with Crippen LogP contribution in [0.3, 0.4) is 0 Å². The van der Waals surface area contributed by atoms with Crippen molar-refractivity contribution in [2.24, 2.45) is 0 Å². The molecule has 1 aromatic heterocycles. The standard InChI is InChI=1S/C23H25N3O5/c1-25(2)9-4-10-26-20(16-5-3-8-24-14-16)19(22(28)23(26)29)21(27)15-6-7-17-18(13-15)31-12-11-30-17/h3,5-8,13-14,20,27H,4,9-12H2,1-2H3/p+1/t20-/m0/s1. The van der Waals surface area contributed by atoms with E-state index >= 15 is 0 Å². The highest BCUT2D eigenvalue weighted by atomic mass is 16.6. The summed E-state index contributed by atoms with van der Waals surface area (Å²) >= 11 is 0. The van der Waals surface area contributed by atoms with Crippen LogP contribution in [0.25, 0.3) is 5.76 Å². The molecular formula is C23H26N3O5+. The molecule has 162 valence electrons. The molecule has 1 atom stereocenters. The molecule has 1 fully saturated rings. The van der Waals surface area contributed by atoms with Crippen molar-refractivity contribution in [2.45, 2.75) is 12.5 Å². The van der Waals surface area contributed by atoms with E-state index in [2.05, 4.69) is 4.98 Å². The maximum atomic E-state index is 13.0. The molecule has 2 aliphatic rings. The maximum absolute atomic E-state index is 13.0. The van der Waals surface area contributed by atoms with Gasteiger partial charge in [-0.25, -0.2) is 0 Å². The van der Waals surface area contributed by atoms with Gasteiger partial charge in [0.05, 0.1) is 32.3 Å². The number of benzene rings is 1. The minimum Gasteiger partial charge on any atom is -0.507 e. The topological polar surface area (TPSA) is 93.4 Å². The number of carbonyl (C=O) groups is 2. The van der Waals surface area contributed by atoms with Crippen LogP contribution < -0.4 is 14.4 Å². The number of quaternary nitrogens is 1. The van der Waals surface area contributed by atoms with Crippen LogP contribution in [0.15, 0.2) is 48.3 Å². The molecular weight excluding hydrogens is 398 g/mol. The molecule has 8 nitrogen and oxygen atoms in total. The third-order valence-corrected chi connectivity index (χ3v) is 5.43. The van der Waals surface area contributed by atoms with Gasteiger partial charge in [0, 0.05) is 30.9 Å². The molecule has 4 rings (SSSR count). The van der Waals surface area contributed by atoms with Crippen molar-refractivity contribution in [2.75, 3.05) is 40.4 Å². The third kappa shape index (κ3) is 4.11. The van der Waals surface area contributed by atoms with Gasteiger partial charge in [0.2, 0.25) is 0 Å². The minimum atomic E-state index is -0.696. The lowest BCUT2D eigenvalue weighted by Crippen LogP contribution is -3.05. The van der Waals surface area contributed by atoms with Crippen LogP contribution in [0, 0.1) is 0 Å². The van der Waals surface area contributed by atoms with E-state index in [-0.39, 0.29) is 11.3 Å². The fourth-order valence-corrected chi connectivity index (χ4v) is 3.94. The Hall–Kier alpha value is -3.39. The Labute approximate surface area is 180 Å². The fraction of sp³-hybridized carbons (Fsp3) is 0.348. The van der Waals surface area contributed by atoms with Crippen LogP contribution in [0.4, 0.5) is 0 Å². The highest BCUT2D eigenvalue weighted by Gasteiger charge is 2.46. The fourth-order valence-electron chi connectivity index (χ4n) is 3.94. The van der Waals surface area contributed by atoms with Gasteiger partial charge in [-0.1, -0.05) is 6.07 Å². The lowest BCUT2D eigenvalue weighted by Gasteiger charge is -2.25. The first-order valence-corrected chi connectivity index (χ1v) is 10.3. The lowest BCUT2D eigenvalue weighted by atomic mass is 9.96. The Morgan fingerprint density at radius 1 is 1.19 bits per heavy atom. The SMILES string of the molecule is C[NH+](C)CCCN1C(=O)C(=O)C(=C(O)c2ccc3c(c2)OCCO3)[C@@H]1c1cccnc1. The summed E-state index contributed by atoms with van der Waals surface area (Å²) in [5.41, 5.74) is 1.14. The monoisotopic (exact) mass is 424 g/mol. The Morgan fingerprint density at radius 2 is 1.97 bits per heavy atom. The highest BCUT2D eigenvalue weighted by Crippen LogP contribution is 2.40. The number of hydrogen-bond acceptors (Lipinski definition) is 6. The third-order valence-electron chi connectivity index (χ3n) is 5.43. The number of carbonyl (C=O) groups excluding carboxylic acids is 2. The molecule has 3 heterocycles. The van der Waals surface area contributed by atoms with Crippen LogP contribution in [0.1, 0.15) is 23.6 Å². The van der Waals surface area contributed by atoms with Crippen molar-refractivity contribution in [1.29, 1.82) is 0 Å². The first-order chi connectivity index (χ1) is 15.0. The average Bonchev–Trinajstić information content (AvgIpc) is 3.03. The molecule has 0 spiro atoms. The number of likely N-dealkylation sites (tertiary alicyclic amines) is 1. The number of nitrogens with one attached hydrogen (secondary N) is 1. The summed E-state index contributed by atoms with van der Waals surface area (Å²) < 4.78 is 11.1. The van der Waals surface area contributed by atoms with Crippen molar-refractivity contribution >= 4 is 17.4 Å². The van der Waals surface area contributed by atoms with E-state index in [1.165, 1.54) is 9.80 Å². The molecule has 1 aromatic carbocycles. The number of fused-ring (bicyclic) bond motifs is 1. The molecule has 1 amide bonds. The van der Waals surface area contributed by atoms with Crippen LogP contribution in [-0.4, -0.2) is 67.1 Å². The van der Waals surface area contributed by atoms with Gasteiger partial charge < -0.3 is 24.4 Å². The molecule has 0 bridgehead atoms. The molecule has 8 heteroatoms. The van der Waals surface area contributed by atoms with Crippen molar-refractivity contribution in [3.63, 3.8) is 0 Å². The number of ketones is 1. The highest BCUT2D eigenvalue weighted by molar-refractivity contribution is 6.46. The molecule has 0 saturated carbocycles. The van der Waals surface area contributed by atoms with Gasteiger partial charge in [0.15, 0.2) is 11.5 Å². The number of hydrogen-bond donors (Lipinski definition) is 2. The molecule has 31 heavy (non-hydrogen) atoms. The van der Waals surface area contributed by atoms with Gasteiger partial charge in [-0.3, -0.25) is 14.6 Å². The van der Waals surface area contributed by atoms with Gasteiger partial charge >= 0.3 is 0 Å². The molecule has 2 aliphatic heterocycles. The summed E-state index contributed by atoms with van der Waals surface area (Å²) in [5, 5.41) is 11.1. The number of aliphatic hydroxyl groups excluding tert-OH is 1. The van der Waals surface area contributed by atoms with E-state index in [9.17, 15) is 14.7 Å². The van der Waals surface area contributed by atoms with E-state index in [0.717, 1.165) is 13.0 Å². The summed E-state index contributed by atoms with van der Waals surface area (Å²) in [6.45, 7) is 2.13.